The maximum absolute atomic E-state index is 15.0. The van der Waals surface area contributed by atoms with Crippen molar-refractivity contribution in [1.82, 2.24) is 14.9 Å². The summed E-state index contributed by atoms with van der Waals surface area (Å²) in [7, 11) is -1.47. The van der Waals surface area contributed by atoms with Crippen molar-refractivity contribution in [2.24, 2.45) is 0 Å². The van der Waals surface area contributed by atoms with Crippen LogP contribution in [-0.2, 0) is 16.4 Å². The summed E-state index contributed by atoms with van der Waals surface area (Å²) in [6, 6.07) is 10.9. The van der Waals surface area contributed by atoms with Crippen LogP contribution in [0.3, 0.4) is 0 Å². The Balaban J connectivity index is 1.34. The van der Waals surface area contributed by atoms with Crippen LogP contribution >= 0.6 is 0 Å². The van der Waals surface area contributed by atoms with E-state index in [9.17, 15) is 8.42 Å². The van der Waals surface area contributed by atoms with Gasteiger partial charge in [-0.05, 0) is 96.4 Å². The molecule has 206 valence electrons. The molecule has 8 nitrogen and oxygen atoms in total. The minimum absolute atomic E-state index is 0.218. The number of aryl methyl sites for hydroxylation is 1. The highest BCUT2D eigenvalue weighted by Gasteiger charge is 2.43. The summed E-state index contributed by atoms with van der Waals surface area (Å²) in [6.07, 6.45) is 5.87. The van der Waals surface area contributed by atoms with Crippen molar-refractivity contribution in [3.63, 3.8) is 0 Å². The molecule has 1 fully saturated rings. The van der Waals surface area contributed by atoms with Crippen LogP contribution < -0.4 is 10.6 Å². The van der Waals surface area contributed by atoms with Crippen molar-refractivity contribution in [3.8, 4) is 0 Å². The van der Waals surface area contributed by atoms with E-state index in [1.54, 1.807) is 33.2 Å². The summed E-state index contributed by atoms with van der Waals surface area (Å²) >= 11 is 0. The topological polar surface area (TPSA) is 90.2 Å². The number of sulfonamides is 1. The molecule has 5 rings (SSSR count). The molecule has 2 aliphatic heterocycles. The number of rotatable bonds is 6. The van der Waals surface area contributed by atoms with Crippen molar-refractivity contribution in [3.05, 3.63) is 65.1 Å². The van der Waals surface area contributed by atoms with Gasteiger partial charge >= 0.3 is 10.0 Å². The SMILES string of the molecule is Cc1cnc(Nc2ccc(C3CCN(C)CC3)c(F)c2)nc1Nc1ccc2c(c1)[N+](S(=O)(=O)C(C)(C)C)=CC2. The molecule has 2 aliphatic rings. The predicted molar refractivity (Wildman–Crippen MR) is 154 cm³/mol. The molecule has 0 amide bonds. The van der Waals surface area contributed by atoms with E-state index >= 15 is 4.39 Å². The molecule has 1 aromatic heterocycles. The van der Waals surface area contributed by atoms with Gasteiger partial charge in [0.25, 0.3) is 0 Å². The van der Waals surface area contributed by atoms with Gasteiger partial charge in [0.05, 0.1) is 6.42 Å². The van der Waals surface area contributed by atoms with E-state index in [2.05, 4.69) is 32.5 Å². The first kappa shape index (κ1) is 27.2. The molecule has 0 saturated carbocycles. The second kappa shape index (κ2) is 10.3. The fourth-order valence-electron chi connectivity index (χ4n) is 4.97. The lowest BCUT2D eigenvalue weighted by Gasteiger charge is -2.29. The van der Waals surface area contributed by atoms with Gasteiger partial charge in [-0.15, -0.1) is 0 Å². The molecule has 0 bridgehead atoms. The summed E-state index contributed by atoms with van der Waals surface area (Å²) in [5.74, 6) is 0.926. The highest BCUT2D eigenvalue weighted by atomic mass is 32.2. The molecule has 3 aromatic rings. The summed E-state index contributed by atoms with van der Waals surface area (Å²) in [6.45, 7) is 8.93. The first-order valence-electron chi connectivity index (χ1n) is 13.3. The molecule has 0 spiro atoms. The number of nitrogens with zero attached hydrogens (tertiary/aromatic N) is 4. The Labute approximate surface area is 230 Å². The monoisotopic (exact) mass is 551 g/mol. The second-order valence-corrected chi connectivity index (χ2v) is 14.0. The van der Waals surface area contributed by atoms with Crippen LogP contribution in [-0.4, -0.2) is 58.4 Å². The third kappa shape index (κ3) is 5.53. The lowest BCUT2D eigenvalue weighted by molar-refractivity contribution is -0.254. The maximum Gasteiger partial charge on any atom is 0.374 e. The Morgan fingerprint density at radius 3 is 2.44 bits per heavy atom. The summed E-state index contributed by atoms with van der Waals surface area (Å²) < 4.78 is 41.7. The number of hydrogen-bond donors (Lipinski definition) is 2. The number of aromatic nitrogens is 2. The molecule has 2 aromatic carbocycles. The van der Waals surface area contributed by atoms with Gasteiger partial charge in [0.1, 0.15) is 16.4 Å². The minimum atomic E-state index is -3.56. The molecule has 0 radical (unpaired) electrons. The standard InChI is InChI=1S/C29H36FN6O2S/c1-19-18-31-28(33-22-8-9-24(25(30)16-22)20-10-13-35(5)14-11-20)34-27(19)32-23-7-6-21-12-15-36(26(21)17-23)39(37,38)29(2,3)4/h6-9,15-18,20H,10-14H2,1-5H3,(H2,31,32,33,34)/q+1. The number of halogens is 1. The summed E-state index contributed by atoms with van der Waals surface area (Å²) in [5.41, 5.74) is 4.45. The maximum atomic E-state index is 15.0. The molecule has 10 heteroatoms. The van der Waals surface area contributed by atoms with Crippen molar-refractivity contribution in [1.29, 1.82) is 0 Å². The molecule has 3 heterocycles. The molecule has 0 atom stereocenters. The molecule has 1 saturated heterocycles. The molecule has 0 aliphatic carbocycles. The lowest BCUT2D eigenvalue weighted by atomic mass is 9.89. The van der Waals surface area contributed by atoms with Gasteiger partial charge in [-0.25, -0.2) is 9.37 Å². The molecular formula is C29H36FN6O2S+. The number of nitrogens with one attached hydrogen (secondary N) is 2. The van der Waals surface area contributed by atoms with Crippen molar-refractivity contribution in [2.45, 2.75) is 57.6 Å². The van der Waals surface area contributed by atoms with Crippen LogP contribution in [0.2, 0.25) is 0 Å². The van der Waals surface area contributed by atoms with E-state index in [0.29, 0.717) is 35.2 Å². The van der Waals surface area contributed by atoms with E-state index < -0.39 is 14.8 Å². The van der Waals surface area contributed by atoms with Gasteiger partial charge in [0.2, 0.25) is 11.6 Å². The van der Waals surface area contributed by atoms with Crippen molar-refractivity contribution >= 4 is 45.1 Å². The Kier molecular flexibility index (Phi) is 7.19. The van der Waals surface area contributed by atoms with Crippen LogP contribution in [0.15, 0.2) is 42.6 Å². The number of fused-ring (bicyclic) bond motifs is 1. The van der Waals surface area contributed by atoms with Crippen molar-refractivity contribution in [2.75, 3.05) is 30.8 Å². The number of likely N-dealkylation sites (tertiary alicyclic amines) is 1. The van der Waals surface area contributed by atoms with Gasteiger partial charge in [0.15, 0.2) is 6.21 Å². The fraction of sp³-hybridized carbons (Fsp3) is 0.414. The molecule has 2 N–H and O–H groups in total. The van der Waals surface area contributed by atoms with E-state index in [0.717, 1.165) is 42.6 Å². The van der Waals surface area contributed by atoms with Crippen molar-refractivity contribution < 1.29 is 16.8 Å². The Morgan fingerprint density at radius 1 is 1.05 bits per heavy atom. The third-order valence-electron chi connectivity index (χ3n) is 7.48. The van der Waals surface area contributed by atoms with Crippen LogP contribution in [0.4, 0.5) is 33.2 Å². The average molecular weight is 552 g/mol. The van der Waals surface area contributed by atoms with Crippen LogP contribution in [0.25, 0.3) is 0 Å². The fourth-order valence-corrected chi connectivity index (χ4v) is 6.26. The predicted octanol–water partition coefficient (Wildman–Crippen LogP) is 5.62. The number of anilines is 4. The third-order valence-corrected chi connectivity index (χ3v) is 9.89. The molecule has 39 heavy (non-hydrogen) atoms. The smallest absolute Gasteiger partial charge is 0.340 e. The quantitative estimate of drug-likeness (QED) is 0.384. The number of benzene rings is 2. The Hall–Kier alpha value is -3.37. The van der Waals surface area contributed by atoms with Gasteiger partial charge < -0.3 is 15.5 Å². The highest BCUT2D eigenvalue weighted by molar-refractivity contribution is 7.87. The first-order valence-corrected chi connectivity index (χ1v) is 14.7. The largest absolute Gasteiger partial charge is 0.374 e. The summed E-state index contributed by atoms with van der Waals surface area (Å²) in [5, 5.41) is 6.42. The first-order chi connectivity index (χ1) is 18.4. The lowest BCUT2D eigenvalue weighted by Crippen LogP contribution is -2.34. The van der Waals surface area contributed by atoms with Gasteiger partial charge in [-0.1, -0.05) is 10.0 Å². The van der Waals surface area contributed by atoms with Crippen LogP contribution in [0, 0.1) is 12.7 Å². The zero-order chi connectivity index (χ0) is 27.9. The van der Waals surface area contributed by atoms with E-state index in [-0.39, 0.29) is 11.7 Å². The number of hydrogen-bond acceptors (Lipinski definition) is 7. The van der Waals surface area contributed by atoms with Gasteiger partial charge in [-0.3, -0.25) is 0 Å². The van der Waals surface area contributed by atoms with E-state index in [4.69, 9.17) is 0 Å². The highest BCUT2D eigenvalue weighted by Crippen LogP contribution is 2.34. The average Bonchev–Trinajstić information content (AvgIpc) is 3.30. The zero-order valence-corrected chi connectivity index (χ0v) is 23.9. The molecular weight excluding hydrogens is 515 g/mol. The Morgan fingerprint density at radius 2 is 1.74 bits per heavy atom. The van der Waals surface area contributed by atoms with E-state index in [1.807, 2.05) is 37.3 Å². The minimum Gasteiger partial charge on any atom is -0.340 e. The number of piperidine rings is 1. The normalized spacial score (nSPS) is 16.6. The van der Waals surface area contributed by atoms with E-state index in [1.165, 1.54) is 10.0 Å². The zero-order valence-electron chi connectivity index (χ0n) is 23.1. The van der Waals surface area contributed by atoms with Gasteiger partial charge in [-0.2, -0.15) is 13.4 Å². The second-order valence-electron chi connectivity index (χ2n) is 11.4. The summed E-state index contributed by atoms with van der Waals surface area (Å²) in [4.78, 5) is 11.3. The molecule has 0 unspecified atom stereocenters. The van der Waals surface area contributed by atoms with Crippen LogP contribution in [0.5, 0.6) is 0 Å². The van der Waals surface area contributed by atoms with Gasteiger partial charge in [0, 0.05) is 34.8 Å². The Bertz CT molecular complexity index is 1540. The van der Waals surface area contributed by atoms with Crippen LogP contribution in [0.1, 0.15) is 56.2 Å².